The molecule has 1 unspecified atom stereocenters. The fraction of sp³-hybridized carbons (Fsp3) is 0.647. The SMILES string of the molecule is COc1ccc(C(C)NC2CCCCCCC2)cc1. The van der Waals surface area contributed by atoms with Crippen molar-refractivity contribution >= 4 is 0 Å². The normalized spacial score (nSPS) is 19.5. The maximum absolute atomic E-state index is 5.21. The molecule has 0 radical (unpaired) electrons. The van der Waals surface area contributed by atoms with E-state index in [2.05, 4.69) is 24.4 Å². The molecule has 0 heterocycles. The van der Waals surface area contributed by atoms with E-state index in [-0.39, 0.29) is 0 Å². The molecular formula is C17H27NO. The van der Waals surface area contributed by atoms with Crippen molar-refractivity contribution in [1.29, 1.82) is 0 Å². The van der Waals surface area contributed by atoms with Crippen molar-refractivity contribution in [2.45, 2.75) is 64.0 Å². The van der Waals surface area contributed by atoms with Crippen LogP contribution in [0.1, 0.15) is 63.5 Å². The number of hydrogen-bond donors (Lipinski definition) is 1. The maximum Gasteiger partial charge on any atom is 0.118 e. The van der Waals surface area contributed by atoms with Crippen molar-refractivity contribution in [2.75, 3.05) is 7.11 Å². The van der Waals surface area contributed by atoms with E-state index in [1.165, 1.54) is 50.5 Å². The van der Waals surface area contributed by atoms with Gasteiger partial charge in [0.15, 0.2) is 0 Å². The molecule has 0 aliphatic heterocycles. The second kappa shape index (κ2) is 7.54. The fourth-order valence-corrected chi connectivity index (χ4v) is 2.97. The molecule has 2 rings (SSSR count). The lowest BCUT2D eigenvalue weighted by atomic mass is 9.95. The van der Waals surface area contributed by atoms with Gasteiger partial charge in [-0.2, -0.15) is 0 Å². The summed E-state index contributed by atoms with van der Waals surface area (Å²) >= 11 is 0. The molecule has 0 saturated heterocycles. The second-order valence-electron chi connectivity index (χ2n) is 5.70. The lowest BCUT2D eigenvalue weighted by Gasteiger charge is -2.25. The largest absolute Gasteiger partial charge is 0.497 e. The number of ether oxygens (including phenoxy) is 1. The highest BCUT2D eigenvalue weighted by molar-refractivity contribution is 5.28. The molecule has 19 heavy (non-hydrogen) atoms. The molecule has 2 nitrogen and oxygen atoms in total. The molecule has 1 saturated carbocycles. The van der Waals surface area contributed by atoms with Gasteiger partial charge < -0.3 is 10.1 Å². The van der Waals surface area contributed by atoms with Crippen LogP contribution in [0.3, 0.4) is 0 Å². The van der Waals surface area contributed by atoms with E-state index in [9.17, 15) is 0 Å². The van der Waals surface area contributed by atoms with Gasteiger partial charge in [0.1, 0.15) is 5.75 Å². The molecule has 1 aromatic carbocycles. The number of benzene rings is 1. The number of hydrogen-bond acceptors (Lipinski definition) is 2. The standard InChI is InChI=1S/C17H27NO/c1-14(15-10-12-17(19-2)13-11-15)18-16-8-6-4-3-5-7-9-16/h10-14,16,18H,3-9H2,1-2H3. The Kier molecular flexibility index (Phi) is 5.71. The summed E-state index contributed by atoms with van der Waals surface area (Å²) in [5, 5.41) is 3.80. The van der Waals surface area contributed by atoms with Crippen molar-refractivity contribution in [3.05, 3.63) is 29.8 Å². The van der Waals surface area contributed by atoms with Crippen molar-refractivity contribution in [2.24, 2.45) is 0 Å². The van der Waals surface area contributed by atoms with Gasteiger partial charge in [-0.05, 0) is 37.5 Å². The van der Waals surface area contributed by atoms with Gasteiger partial charge in [0.05, 0.1) is 7.11 Å². The average molecular weight is 261 g/mol. The monoisotopic (exact) mass is 261 g/mol. The van der Waals surface area contributed by atoms with Crippen molar-refractivity contribution in [1.82, 2.24) is 5.32 Å². The highest BCUT2D eigenvalue weighted by Gasteiger charge is 2.14. The summed E-state index contributed by atoms with van der Waals surface area (Å²) in [6.45, 7) is 2.26. The molecule has 1 aliphatic carbocycles. The molecule has 106 valence electrons. The maximum atomic E-state index is 5.21. The minimum absolute atomic E-state index is 0.426. The van der Waals surface area contributed by atoms with Crippen LogP contribution in [-0.4, -0.2) is 13.2 Å². The molecule has 1 aromatic rings. The van der Waals surface area contributed by atoms with Gasteiger partial charge in [-0.1, -0.05) is 44.2 Å². The molecule has 0 spiro atoms. The van der Waals surface area contributed by atoms with E-state index in [1.54, 1.807) is 7.11 Å². The lowest BCUT2D eigenvalue weighted by Crippen LogP contribution is -2.32. The van der Waals surface area contributed by atoms with Crippen LogP contribution in [0.15, 0.2) is 24.3 Å². The number of rotatable bonds is 4. The predicted octanol–water partition coefficient (Wildman–Crippen LogP) is 4.46. The third-order valence-electron chi connectivity index (χ3n) is 4.21. The van der Waals surface area contributed by atoms with Crippen molar-refractivity contribution < 1.29 is 4.74 Å². The molecule has 1 atom stereocenters. The Morgan fingerprint density at radius 3 is 2.16 bits per heavy atom. The fourth-order valence-electron chi connectivity index (χ4n) is 2.97. The zero-order valence-corrected chi connectivity index (χ0v) is 12.3. The minimum atomic E-state index is 0.426. The van der Waals surface area contributed by atoms with Crippen LogP contribution in [0.25, 0.3) is 0 Å². The first-order valence-electron chi connectivity index (χ1n) is 7.69. The quantitative estimate of drug-likeness (QED) is 0.864. The second-order valence-corrected chi connectivity index (χ2v) is 5.70. The predicted molar refractivity (Wildman–Crippen MR) is 80.7 cm³/mol. The van der Waals surface area contributed by atoms with Gasteiger partial charge in [-0.3, -0.25) is 0 Å². The smallest absolute Gasteiger partial charge is 0.118 e. The van der Waals surface area contributed by atoms with E-state index in [1.807, 2.05) is 12.1 Å². The van der Waals surface area contributed by atoms with E-state index in [0.29, 0.717) is 12.1 Å². The summed E-state index contributed by atoms with van der Waals surface area (Å²) < 4.78 is 5.21. The number of nitrogens with one attached hydrogen (secondary N) is 1. The topological polar surface area (TPSA) is 21.3 Å². The Balaban J connectivity index is 1.88. The molecule has 1 fully saturated rings. The summed E-state index contributed by atoms with van der Waals surface area (Å²) in [6.07, 6.45) is 9.69. The first kappa shape index (κ1) is 14.4. The van der Waals surface area contributed by atoms with Crippen LogP contribution in [-0.2, 0) is 0 Å². The Morgan fingerprint density at radius 1 is 1.00 bits per heavy atom. The zero-order chi connectivity index (χ0) is 13.5. The third-order valence-corrected chi connectivity index (χ3v) is 4.21. The first-order chi connectivity index (χ1) is 9.29. The highest BCUT2D eigenvalue weighted by atomic mass is 16.5. The van der Waals surface area contributed by atoms with E-state index >= 15 is 0 Å². The van der Waals surface area contributed by atoms with Crippen molar-refractivity contribution in [3.8, 4) is 5.75 Å². The highest BCUT2D eigenvalue weighted by Crippen LogP contribution is 2.22. The summed E-state index contributed by atoms with van der Waals surface area (Å²) in [6, 6.07) is 9.54. The van der Waals surface area contributed by atoms with Crippen LogP contribution in [0.4, 0.5) is 0 Å². The minimum Gasteiger partial charge on any atom is -0.497 e. The van der Waals surface area contributed by atoms with Gasteiger partial charge in [-0.25, -0.2) is 0 Å². The van der Waals surface area contributed by atoms with Gasteiger partial charge in [0, 0.05) is 12.1 Å². The first-order valence-corrected chi connectivity index (χ1v) is 7.69. The Hall–Kier alpha value is -1.02. The summed E-state index contributed by atoms with van der Waals surface area (Å²) in [5.74, 6) is 0.932. The summed E-state index contributed by atoms with van der Waals surface area (Å²) in [7, 11) is 1.71. The summed E-state index contributed by atoms with van der Waals surface area (Å²) in [5.41, 5.74) is 1.35. The lowest BCUT2D eigenvalue weighted by molar-refractivity contribution is 0.362. The molecular weight excluding hydrogens is 234 g/mol. The Bertz CT molecular complexity index is 352. The molecule has 1 aliphatic rings. The van der Waals surface area contributed by atoms with Crippen LogP contribution in [0.2, 0.25) is 0 Å². The zero-order valence-electron chi connectivity index (χ0n) is 12.3. The molecule has 1 N–H and O–H groups in total. The van der Waals surface area contributed by atoms with Crippen LogP contribution < -0.4 is 10.1 Å². The van der Waals surface area contributed by atoms with Crippen molar-refractivity contribution in [3.63, 3.8) is 0 Å². The molecule has 0 amide bonds. The Labute approximate surface area is 117 Å². The average Bonchev–Trinajstić information content (AvgIpc) is 2.41. The van der Waals surface area contributed by atoms with Gasteiger partial charge in [-0.15, -0.1) is 0 Å². The summed E-state index contributed by atoms with van der Waals surface area (Å²) in [4.78, 5) is 0. The molecule has 0 bridgehead atoms. The molecule has 2 heteroatoms. The van der Waals surface area contributed by atoms with Crippen LogP contribution in [0, 0.1) is 0 Å². The van der Waals surface area contributed by atoms with E-state index < -0.39 is 0 Å². The van der Waals surface area contributed by atoms with Gasteiger partial charge in [0.2, 0.25) is 0 Å². The van der Waals surface area contributed by atoms with Gasteiger partial charge in [0.25, 0.3) is 0 Å². The Morgan fingerprint density at radius 2 is 1.58 bits per heavy atom. The van der Waals surface area contributed by atoms with Crippen LogP contribution in [0.5, 0.6) is 5.75 Å². The van der Waals surface area contributed by atoms with Gasteiger partial charge >= 0.3 is 0 Å². The third kappa shape index (κ3) is 4.54. The van der Waals surface area contributed by atoms with E-state index in [0.717, 1.165) is 5.75 Å². The molecule has 0 aromatic heterocycles. The number of methoxy groups -OCH3 is 1. The van der Waals surface area contributed by atoms with Crippen LogP contribution >= 0.6 is 0 Å². The van der Waals surface area contributed by atoms with E-state index in [4.69, 9.17) is 4.74 Å².